The molecule has 0 aliphatic carbocycles. The van der Waals surface area contributed by atoms with Crippen LogP contribution in [0.15, 0.2) is 54.7 Å². The van der Waals surface area contributed by atoms with E-state index in [2.05, 4.69) is 38.3 Å². The van der Waals surface area contributed by atoms with E-state index in [1.54, 1.807) is 6.20 Å². The molecule has 2 fully saturated rings. The van der Waals surface area contributed by atoms with E-state index in [9.17, 15) is 0 Å². The van der Waals surface area contributed by atoms with E-state index in [-0.39, 0.29) is 0 Å². The van der Waals surface area contributed by atoms with Crippen LogP contribution in [0.1, 0.15) is 19.3 Å². The van der Waals surface area contributed by atoms with Crippen molar-refractivity contribution in [2.75, 3.05) is 66.5 Å². The molecule has 0 unspecified atom stereocenters. The minimum absolute atomic E-state index is 0.565. The largest absolute Gasteiger partial charge is 0.378 e. The van der Waals surface area contributed by atoms with Crippen LogP contribution in [0.5, 0.6) is 0 Å². The molecule has 0 saturated carbocycles. The van der Waals surface area contributed by atoms with Crippen molar-refractivity contribution in [3.8, 4) is 0 Å². The van der Waals surface area contributed by atoms with Gasteiger partial charge in [-0.1, -0.05) is 17.7 Å². The number of nitrogens with zero attached hydrogens (tertiary/aromatic N) is 5. The minimum atomic E-state index is 0.565. The highest BCUT2D eigenvalue weighted by Gasteiger charge is 2.17. The smallest absolute Gasteiger partial charge is 0.229 e. The molecule has 1 N–H and O–H groups in total. The highest BCUT2D eigenvalue weighted by Crippen LogP contribution is 2.32. The molecule has 2 aliphatic heterocycles. The summed E-state index contributed by atoms with van der Waals surface area (Å²) in [7, 11) is 1.98. The summed E-state index contributed by atoms with van der Waals surface area (Å²) in [5.74, 6) is 1.36. The molecule has 0 atom stereocenters. The SMILES string of the molecule is CN(c1cccc(Cl)c1)c1ccnc(Nc2cc(N3CCCCC3)cc(N3CCOCC3)c2)n1. The molecule has 8 heteroatoms. The van der Waals surface area contributed by atoms with E-state index >= 15 is 0 Å². The molecule has 2 saturated heterocycles. The Balaban J connectivity index is 1.42. The number of hydrogen-bond acceptors (Lipinski definition) is 7. The lowest BCUT2D eigenvalue weighted by molar-refractivity contribution is 0.122. The maximum atomic E-state index is 6.19. The quantitative estimate of drug-likeness (QED) is 0.504. The summed E-state index contributed by atoms with van der Waals surface area (Å²) in [5, 5.41) is 4.16. The number of halogens is 1. The van der Waals surface area contributed by atoms with Crippen LogP contribution in [0.25, 0.3) is 0 Å². The third-order valence-corrected chi connectivity index (χ3v) is 6.67. The monoisotopic (exact) mass is 478 g/mol. The predicted molar refractivity (Wildman–Crippen MR) is 140 cm³/mol. The normalized spacial score (nSPS) is 16.4. The third kappa shape index (κ3) is 5.37. The zero-order valence-corrected chi connectivity index (χ0v) is 20.3. The van der Waals surface area contributed by atoms with Gasteiger partial charge in [0.05, 0.1) is 13.2 Å². The second kappa shape index (κ2) is 10.5. The average Bonchev–Trinajstić information content (AvgIpc) is 2.89. The van der Waals surface area contributed by atoms with E-state index in [1.807, 2.05) is 42.3 Å². The first-order valence-corrected chi connectivity index (χ1v) is 12.4. The molecule has 2 aliphatic rings. The fraction of sp³-hybridized carbons (Fsp3) is 0.385. The van der Waals surface area contributed by atoms with Gasteiger partial charge in [-0.2, -0.15) is 4.98 Å². The summed E-state index contributed by atoms with van der Waals surface area (Å²) >= 11 is 6.19. The molecule has 2 aromatic carbocycles. The lowest BCUT2D eigenvalue weighted by Gasteiger charge is -2.33. The Hall–Kier alpha value is -3.03. The van der Waals surface area contributed by atoms with E-state index in [4.69, 9.17) is 21.3 Å². The number of hydrogen-bond donors (Lipinski definition) is 1. The van der Waals surface area contributed by atoms with E-state index in [0.717, 1.165) is 56.6 Å². The van der Waals surface area contributed by atoms with Gasteiger partial charge in [-0.3, -0.25) is 0 Å². The number of morpholine rings is 1. The molecule has 3 aromatic rings. The lowest BCUT2D eigenvalue weighted by atomic mass is 10.1. The van der Waals surface area contributed by atoms with Crippen molar-refractivity contribution in [2.45, 2.75) is 19.3 Å². The van der Waals surface area contributed by atoms with Crippen LogP contribution < -0.4 is 20.0 Å². The molecule has 34 heavy (non-hydrogen) atoms. The van der Waals surface area contributed by atoms with Gasteiger partial charge in [0.2, 0.25) is 5.95 Å². The Bertz CT molecular complexity index is 1080. The molecular formula is C26H31ClN6O. The molecule has 178 valence electrons. The number of anilines is 6. The zero-order valence-electron chi connectivity index (χ0n) is 19.6. The topological polar surface area (TPSA) is 56.8 Å². The van der Waals surface area contributed by atoms with Crippen molar-refractivity contribution in [1.29, 1.82) is 0 Å². The predicted octanol–water partition coefficient (Wildman–Crippen LogP) is 5.47. The van der Waals surface area contributed by atoms with Crippen molar-refractivity contribution in [3.63, 3.8) is 0 Å². The van der Waals surface area contributed by atoms with Crippen molar-refractivity contribution in [3.05, 3.63) is 59.8 Å². The van der Waals surface area contributed by atoms with Gasteiger partial charge in [-0.15, -0.1) is 0 Å². The molecule has 5 rings (SSSR count). The zero-order chi connectivity index (χ0) is 23.3. The second-order valence-corrected chi connectivity index (χ2v) is 9.22. The number of benzene rings is 2. The van der Waals surface area contributed by atoms with E-state index < -0.39 is 0 Å². The van der Waals surface area contributed by atoms with Gasteiger partial charge in [-0.25, -0.2) is 4.98 Å². The molecule has 3 heterocycles. The molecule has 0 amide bonds. The summed E-state index contributed by atoms with van der Waals surface area (Å²) < 4.78 is 5.57. The third-order valence-electron chi connectivity index (χ3n) is 6.44. The highest BCUT2D eigenvalue weighted by molar-refractivity contribution is 6.30. The van der Waals surface area contributed by atoms with Gasteiger partial charge in [0.1, 0.15) is 5.82 Å². The van der Waals surface area contributed by atoms with Crippen molar-refractivity contribution >= 4 is 46.1 Å². The van der Waals surface area contributed by atoms with Crippen LogP contribution in [0.3, 0.4) is 0 Å². The Labute approximate surface area is 206 Å². The van der Waals surface area contributed by atoms with Gasteiger partial charge in [0.25, 0.3) is 0 Å². The Morgan fingerprint density at radius 1 is 0.912 bits per heavy atom. The fourth-order valence-corrected chi connectivity index (χ4v) is 4.73. The molecular weight excluding hydrogens is 448 g/mol. The number of nitrogens with one attached hydrogen (secondary N) is 1. The first kappa shape index (κ1) is 22.7. The second-order valence-electron chi connectivity index (χ2n) is 8.79. The molecule has 0 spiro atoms. The highest BCUT2D eigenvalue weighted by atomic mass is 35.5. The number of rotatable bonds is 6. The molecule has 7 nitrogen and oxygen atoms in total. The van der Waals surface area contributed by atoms with Crippen molar-refractivity contribution < 1.29 is 4.74 Å². The number of piperidine rings is 1. The summed E-state index contributed by atoms with van der Waals surface area (Å²) in [5.41, 5.74) is 4.42. The number of aromatic nitrogens is 2. The van der Waals surface area contributed by atoms with Crippen LogP contribution in [0.4, 0.5) is 34.5 Å². The summed E-state index contributed by atoms with van der Waals surface area (Å²) in [6.07, 6.45) is 5.58. The molecule has 0 bridgehead atoms. The van der Waals surface area contributed by atoms with Crippen LogP contribution in [-0.2, 0) is 4.74 Å². The van der Waals surface area contributed by atoms with E-state index in [1.165, 1.54) is 30.6 Å². The Morgan fingerprint density at radius 3 is 2.38 bits per heavy atom. The summed E-state index contributed by atoms with van der Waals surface area (Å²) in [6, 6.07) is 16.4. The maximum Gasteiger partial charge on any atom is 0.229 e. The van der Waals surface area contributed by atoms with Crippen LogP contribution in [0, 0.1) is 0 Å². The molecule has 0 radical (unpaired) electrons. The first-order valence-electron chi connectivity index (χ1n) is 12.0. The van der Waals surface area contributed by atoms with Gasteiger partial charge in [0.15, 0.2) is 0 Å². The van der Waals surface area contributed by atoms with Crippen LogP contribution >= 0.6 is 11.6 Å². The maximum absolute atomic E-state index is 6.19. The Morgan fingerprint density at radius 2 is 1.65 bits per heavy atom. The fourth-order valence-electron chi connectivity index (χ4n) is 4.55. The number of ether oxygens (including phenoxy) is 1. The van der Waals surface area contributed by atoms with Crippen molar-refractivity contribution in [1.82, 2.24) is 9.97 Å². The first-order chi connectivity index (χ1) is 16.7. The minimum Gasteiger partial charge on any atom is -0.378 e. The van der Waals surface area contributed by atoms with Gasteiger partial charge in [-0.05, 0) is 61.7 Å². The van der Waals surface area contributed by atoms with Crippen LogP contribution in [-0.4, -0.2) is 56.4 Å². The van der Waals surface area contributed by atoms with Gasteiger partial charge in [0, 0.05) is 67.2 Å². The van der Waals surface area contributed by atoms with Gasteiger partial charge >= 0.3 is 0 Å². The van der Waals surface area contributed by atoms with Crippen LogP contribution in [0.2, 0.25) is 5.02 Å². The van der Waals surface area contributed by atoms with Crippen molar-refractivity contribution in [2.24, 2.45) is 0 Å². The lowest BCUT2D eigenvalue weighted by Crippen LogP contribution is -2.36. The van der Waals surface area contributed by atoms with Gasteiger partial charge < -0.3 is 24.8 Å². The van der Waals surface area contributed by atoms with E-state index in [0.29, 0.717) is 11.0 Å². The summed E-state index contributed by atoms with van der Waals surface area (Å²) in [6.45, 7) is 5.53. The summed E-state index contributed by atoms with van der Waals surface area (Å²) in [4.78, 5) is 16.1. The Kier molecular flexibility index (Phi) is 7.02. The standard InChI is InChI=1S/C26H31ClN6O/c1-31(22-7-5-6-20(27)16-22)25-8-9-28-26(30-25)29-21-17-23(32-10-3-2-4-11-32)19-24(18-21)33-12-14-34-15-13-33/h5-9,16-19H,2-4,10-15H2,1H3,(H,28,29,30). The average molecular weight is 479 g/mol. The molecule has 1 aromatic heterocycles.